The van der Waals surface area contributed by atoms with Gasteiger partial charge in [0.15, 0.2) is 0 Å². The fourth-order valence-corrected chi connectivity index (χ4v) is 1.78. The molecular weight excluding hydrogens is 136 g/mol. The van der Waals surface area contributed by atoms with E-state index in [-0.39, 0.29) is 0 Å². The van der Waals surface area contributed by atoms with Crippen LogP contribution in [0, 0.1) is 0 Å². The Hall–Kier alpha value is -0.0800. The lowest BCUT2D eigenvalue weighted by atomic mass is 10.2. The number of hydrogen-bond donors (Lipinski definition) is 1. The first-order chi connectivity index (χ1) is 5.16. The second kappa shape index (κ2) is 3.55. The van der Waals surface area contributed by atoms with Crippen LogP contribution < -0.4 is 5.73 Å². The maximum absolute atomic E-state index is 5.63. The Morgan fingerprint density at radius 2 is 1.91 bits per heavy atom. The molecule has 0 radical (unpaired) electrons. The highest BCUT2D eigenvalue weighted by atomic mass is 15.2. The van der Waals surface area contributed by atoms with Crippen LogP contribution in [-0.4, -0.2) is 29.6 Å². The fourth-order valence-electron chi connectivity index (χ4n) is 1.78. The van der Waals surface area contributed by atoms with Crippen LogP contribution in [0.3, 0.4) is 0 Å². The molecule has 0 bridgehead atoms. The van der Waals surface area contributed by atoms with Crippen LogP contribution in [0.2, 0.25) is 0 Å². The average Bonchev–Trinajstić information content (AvgIpc) is 2.71. The SMILES string of the molecule is CC(C)N(C(C)CN)C1CC1. The van der Waals surface area contributed by atoms with Crippen molar-refractivity contribution >= 4 is 0 Å². The van der Waals surface area contributed by atoms with Crippen molar-refractivity contribution in [2.75, 3.05) is 6.54 Å². The molecule has 0 aromatic heterocycles. The van der Waals surface area contributed by atoms with Crippen LogP contribution in [-0.2, 0) is 0 Å². The molecule has 1 fully saturated rings. The third-order valence-electron chi connectivity index (χ3n) is 2.41. The van der Waals surface area contributed by atoms with Gasteiger partial charge in [0.1, 0.15) is 0 Å². The van der Waals surface area contributed by atoms with E-state index in [4.69, 9.17) is 5.73 Å². The minimum atomic E-state index is 0.558. The molecule has 1 saturated carbocycles. The Labute approximate surface area is 69.8 Å². The first kappa shape index (κ1) is 9.01. The van der Waals surface area contributed by atoms with Gasteiger partial charge in [-0.05, 0) is 33.6 Å². The van der Waals surface area contributed by atoms with E-state index in [0.29, 0.717) is 12.1 Å². The van der Waals surface area contributed by atoms with Crippen molar-refractivity contribution in [2.45, 2.75) is 51.7 Å². The summed E-state index contributed by atoms with van der Waals surface area (Å²) in [4.78, 5) is 2.54. The first-order valence-electron chi connectivity index (χ1n) is 4.64. The molecule has 2 heteroatoms. The highest BCUT2D eigenvalue weighted by molar-refractivity contribution is 4.89. The van der Waals surface area contributed by atoms with Gasteiger partial charge in [-0.15, -0.1) is 0 Å². The van der Waals surface area contributed by atoms with Crippen molar-refractivity contribution in [2.24, 2.45) is 5.73 Å². The lowest BCUT2D eigenvalue weighted by Crippen LogP contribution is -2.44. The topological polar surface area (TPSA) is 29.3 Å². The van der Waals surface area contributed by atoms with Crippen molar-refractivity contribution in [1.29, 1.82) is 0 Å². The van der Waals surface area contributed by atoms with E-state index in [9.17, 15) is 0 Å². The first-order valence-corrected chi connectivity index (χ1v) is 4.64. The van der Waals surface area contributed by atoms with E-state index < -0.39 is 0 Å². The highest BCUT2D eigenvalue weighted by Crippen LogP contribution is 2.29. The summed E-state index contributed by atoms with van der Waals surface area (Å²) in [5.74, 6) is 0. The van der Waals surface area contributed by atoms with Gasteiger partial charge in [-0.3, -0.25) is 4.90 Å². The molecule has 1 aliphatic rings. The van der Waals surface area contributed by atoms with E-state index >= 15 is 0 Å². The average molecular weight is 156 g/mol. The summed E-state index contributed by atoms with van der Waals surface area (Å²) in [7, 11) is 0. The van der Waals surface area contributed by atoms with Crippen molar-refractivity contribution < 1.29 is 0 Å². The summed E-state index contributed by atoms with van der Waals surface area (Å²) in [5, 5.41) is 0. The molecule has 0 aromatic carbocycles. The van der Waals surface area contributed by atoms with E-state index in [1.54, 1.807) is 0 Å². The van der Waals surface area contributed by atoms with Crippen molar-refractivity contribution in [3.63, 3.8) is 0 Å². The minimum absolute atomic E-state index is 0.558. The zero-order valence-electron chi connectivity index (χ0n) is 7.88. The van der Waals surface area contributed by atoms with E-state index in [0.717, 1.165) is 12.6 Å². The molecule has 0 heterocycles. The number of nitrogens with two attached hydrogens (primary N) is 1. The van der Waals surface area contributed by atoms with Gasteiger partial charge < -0.3 is 5.73 Å². The largest absolute Gasteiger partial charge is 0.329 e. The molecule has 1 atom stereocenters. The highest BCUT2D eigenvalue weighted by Gasteiger charge is 2.32. The van der Waals surface area contributed by atoms with Gasteiger partial charge in [0.25, 0.3) is 0 Å². The molecule has 1 unspecified atom stereocenters. The van der Waals surface area contributed by atoms with Crippen LogP contribution in [0.4, 0.5) is 0 Å². The lowest BCUT2D eigenvalue weighted by molar-refractivity contribution is 0.158. The minimum Gasteiger partial charge on any atom is -0.329 e. The Kier molecular flexibility index (Phi) is 2.90. The summed E-state index contributed by atoms with van der Waals surface area (Å²) in [6, 6.07) is 2.05. The van der Waals surface area contributed by atoms with Gasteiger partial charge in [-0.2, -0.15) is 0 Å². The number of nitrogens with zero attached hydrogens (tertiary/aromatic N) is 1. The second-order valence-electron chi connectivity index (χ2n) is 3.86. The molecule has 0 saturated heterocycles. The normalized spacial score (nSPS) is 21.3. The fraction of sp³-hybridized carbons (Fsp3) is 1.00. The third kappa shape index (κ3) is 2.17. The monoisotopic (exact) mass is 156 g/mol. The maximum Gasteiger partial charge on any atom is 0.0195 e. The number of rotatable bonds is 4. The van der Waals surface area contributed by atoms with Gasteiger partial charge in [0, 0.05) is 24.7 Å². The quantitative estimate of drug-likeness (QED) is 0.663. The van der Waals surface area contributed by atoms with Gasteiger partial charge in [-0.1, -0.05) is 0 Å². The van der Waals surface area contributed by atoms with Crippen molar-refractivity contribution in [1.82, 2.24) is 4.90 Å². The Bertz CT molecular complexity index is 117. The van der Waals surface area contributed by atoms with Crippen LogP contribution in [0.1, 0.15) is 33.6 Å². The molecule has 11 heavy (non-hydrogen) atoms. The standard InChI is InChI=1S/C9H20N2/c1-7(2)11(8(3)6-10)9-4-5-9/h7-9H,4-6,10H2,1-3H3. The molecule has 2 nitrogen and oxygen atoms in total. The van der Waals surface area contributed by atoms with Crippen molar-refractivity contribution in [3.05, 3.63) is 0 Å². The molecule has 1 rings (SSSR count). The smallest absolute Gasteiger partial charge is 0.0195 e. The Morgan fingerprint density at radius 1 is 1.36 bits per heavy atom. The molecule has 66 valence electrons. The van der Waals surface area contributed by atoms with Crippen LogP contribution >= 0.6 is 0 Å². The van der Waals surface area contributed by atoms with Crippen LogP contribution in [0.25, 0.3) is 0 Å². The summed E-state index contributed by atoms with van der Waals surface area (Å²) < 4.78 is 0. The third-order valence-corrected chi connectivity index (χ3v) is 2.41. The Morgan fingerprint density at radius 3 is 2.18 bits per heavy atom. The molecule has 1 aliphatic carbocycles. The van der Waals surface area contributed by atoms with Gasteiger partial charge in [0.05, 0.1) is 0 Å². The lowest BCUT2D eigenvalue weighted by Gasteiger charge is -2.31. The summed E-state index contributed by atoms with van der Waals surface area (Å²) in [6.45, 7) is 7.52. The van der Waals surface area contributed by atoms with E-state index in [1.165, 1.54) is 12.8 Å². The van der Waals surface area contributed by atoms with Crippen LogP contribution in [0.15, 0.2) is 0 Å². The molecular formula is C9H20N2. The van der Waals surface area contributed by atoms with E-state index in [1.807, 2.05) is 0 Å². The second-order valence-corrected chi connectivity index (χ2v) is 3.86. The molecule has 0 spiro atoms. The molecule has 2 N–H and O–H groups in total. The van der Waals surface area contributed by atoms with Gasteiger partial charge in [-0.25, -0.2) is 0 Å². The Balaban J connectivity index is 2.44. The van der Waals surface area contributed by atoms with Crippen molar-refractivity contribution in [3.8, 4) is 0 Å². The maximum atomic E-state index is 5.63. The van der Waals surface area contributed by atoms with Gasteiger partial charge >= 0.3 is 0 Å². The summed E-state index contributed by atoms with van der Waals surface area (Å²) in [6.07, 6.45) is 2.76. The molecule has 0 aromatic rings. The number of hydrogen-bond acceptors (Lipinski definition) is 2. The van der Waals surface area contributed by atoms with Crippen LogP contribution in [0.5, 0.6) is 0 Å². The zero-order chi connectivity index (χ0) is 8.43. The van der Waals surface area contributed by atoms with E-state index in [2.05, 4.69) is 25.7 Å². The predicted molar refractivity (Wildman–Crippen MR) is 48.5 cm³/mol. The van der Waals surface area contributed by atoms with Gasteiger partial charge in [0.2, 0.25) is 0 Å². The predicted octanol–water partition coefficient (Wildman–Crippen LogP) is 1.21. The summed E-state index contributed by atoms with van der Waals surface area (Å²) in [5.41, 5.74) is 5.63. The molecule has 0 amide bonds. The molecule has 0 aliphatic heterocycles. The zero-order valence-corrected chi connectivity index (χ0v) is 7.88. The summed E-state index contributed by atoms with van der Waals surface area (Å²) >= 11 is 0.